The van der Waals surface area contributed by atoms with E-state index >= 15 is 0 Å². The van der Waals surface area contributed by atoms with Gasteiger partial charge in [-0.25, -0.2) is 13.1 Å². The van der Waals surface area contributed by atoms with Gasteiger partial charge >= 0.3 is 0 Å². The molecule has 298 valence electrons. The summed E-state index contributed by atoms with van der Waals surface area (Å²) in [5, 5.41) is 30.2. The van der Waals surface area contributed by atoms with E-state index in [0.29, 0.717) is 29.4 Å². The minimum absolute atomic E-state index is 0.137. The number of tetrazole rings is 1. The number of amides is 1. The Labute approximate surface area is 345 Å². The van der Waals surface area contributed by atoms with Gasteiger partial charge in [0.15, 0.2) is 5.82 Å². The molecule has 0 radical (unpaired) electrons. The highest BCUT2D eigenvalue weighted by Crippen LogP contribution is 2.31. The monoisotopic (exact) mass is 837 g/mol. The van der Waals surface area contributed by atoms with Crippen LogP contribution < -0.4 is 14.9 Å². The molecular weight excluding hydrogens is 798 g/mol. The Kier molecular flexibility index (Phi) is 13.0. The number of nitro benzene ring substituents is 1. The summed E-state index contributed by atoms with van der Waals surface area (Å²) in [5.41, 5.74) is 4.28. The van der Waals surface area contributed by atoms with Gasteiger partial charge < -0.3 is 10.2 Å². The van der Waals surface area contributed by atoms with Crippen LogP contribution in [0, 0.1) is 10.1 Å². The minimum Gasteiger partial charge on any atom is -0.376 e. The van der Waals surface area contributed by atoms with Gasteiger partial charge in [-0.05, 0) is 83.8 Å². The molecule has 0 saturated carbocycles. The number of piperazine rings is 1. The second-order valence-corrected chi connectivity index (χ2v) is 16.9. The number of carbonyl (C=O) groups excluding carboxylic acids is 1. The van der Waals surface area contributed by atoms with E-state index in [2.05, 4.69) is 58.7 Å². The number of nitrogens with one attached hydrogen (secondary N) is 3. The topological polar surface area (TPSA) is 179 Å². The normalized spacial score (nSPS) is 13.8. The predicted octanol–water partition coefficient (Wildman–Crippen LogP) is 7.07. The summed E-state index contributed by atoms with van der Waals surface area (Å²) in [6.07, 6.45) is 0.970. The molecule has 1 fully saturated rings. The van der Waals surface area contributed by atoms with Crippen LogP contribution in [0.3, 0.4) is 0 Å². The molecule has 1 aliphatic heterocycles. The summed E-state index contributed by atoms with van der Waals surface area (Å²) < 4.78 is 28.9. The van der Waals surface area contributed by atoms with Crippen molar-refractivity contribution in [3.63, 3.8) is 0 Å². The number of aromatic nitrogens is 4. The quantitative estimate of drug-likeness (QED) is 0.0514. The number of aromatic amines is 1. The Morgan fingerprint density at radius 1 is 0.914 bits per heavy atom. The van der Waals surface area contributed by atoms with E-state index in [1.54, 1.807) is 36.0 Å². The number of sulfonamides is 1. The molecule has 6 aromatic rings. The summed E-state index contributed by atoms with van der Waals surface area (Å²) in [6, 6.07) is 36.0. The van der Waals surface area contributed by atoms with Crippen LogP contribution in [0.2, 0.25) is 5.02 Å². The highest BCUT2D eigenvalue weighted by atomic mass is 35.5. The molecule has 17 heteroatoms. The molecule has 7 rings (SSSR count). The summed E-state index contributed by atoms with van der Waals surface area (Å²) in [6.45, 7) is 4.03. The van der Waals surface area contributed by atoms with Crippen LogP contribution >= 0.6 is 23.4 Å². The van der Waals surface area contributed by atoms with Gasteiger partial charge in [-0.2, -0.15) is 5.21 Å². The fraction of sp³-hybridized carbons (Fsp3) is 0.220. The van der Waals surface area contributed by atoms with E-state index in [1.807, 2.05) is 60.7 Å². The van der Waals surface area contributed by atoms with E-state index in [-0.39, 0.29) is 17.3 Å². The van der Waals surface area contributed by atoms with Gasteiger partial charge in [0.25, 0.3) is 21.6 Å². The molecule has 0 bridgehead atoms. The lowest BCUT2D eigenvalue weighted by Crippen LogP contribution is -2.46. The van der Waals surface area contributed by atoms with Crippen LogP contribution in [-0.4, -0.2) is 82.7 Å². The van der Waals surface area contributed by atoms with Crippen LogP contribution in [0.25, 0.3) is 11.1 Å². The summed E-state index contributed by atoms with van der Waals surface area (Å²) >= 11 is 7.69. The van der Waals surface area contributed by atoms with Crippen LogP contribution in [0.1, 0.15) is 28.2 Å². The average molecular weight is 838 g/mol. The van der Waals surface area contributed by atoms with Crippen molar-refractivity contribution in [2.75, 3.05) is 42.1 Å². The number of nitro groups is 1. The van der Waals surface area contributed by atoms with Gasteiger partial charge in [-0.3, -0.25) is 19.8 Å². The third-order valence-electron chi connectivity index (χ3n) is 9.80. The first-order valence-corrected chi connectivity index (χ1v) is 21.4. The zero-order chi connectivity index (χ0) is 40.5. The molecule has 1 aliphatic rings. The molecule has 58 heavy (non-hydrogen) atoms. The number of carbonyl (C=O) groups is 1. The number of aryl methyl sites for hydroxylation is 1. The zero-order valence-corrected chi connectivity index (χ0v) is 33.6. The number of nitrogens with zero attached hydrogens (tertiary/aromatic N) is 6. The summed E-state index contributed by atoms with van der Waals surface area (Å²) in [7, 11) is -4.47. The van der Waals surface area contributed by atoms with Crippen LogP contribution in [-0.2, 0) is 23.0 Å². The van der Waals surface area contributed by atoms with Crippen molar-refractivity contribution < 1.29 is 18.1 Å². The van der Waals surface area contributed by atoms with Gasteiger partial charge in [0.2, 0.25) is 0 Å². The lowest BCUT2D eigenvalue weighted by molar-refractivity contribution is -0.384. The maximum Gasteiger partial charge on any atom is 0.293 e. The van der Waals surface area contributed by atoms with Gasteiger partial charge in [0.05, 0.1) is 9.82 Å². The molecule has 0 unspecified atom stereocenters. The van der Waals surface area contributed by atoms with Gasteiger partial charge in [-0.15, -0.1) is 22.0 Å². The number of halogens is 1. The van der Waals surface area contributed by atoms with Crippen molar-refractivity contribution in [2.24, 2.45) is 0 Å². The lowest BCUT2D eigenvalue weighted by atomic mass is 9.99. The number of benzene rings is 5. The number of rotatable bonds is 16. The van der Waals surface area contributed by atoms with E-state index < -0.39 is 31.4 Å². The maximum atomic E-state index is 13.4. The fourth-order valence-corrected chi connectivity index (χ4v) is 8.82. The molecule has 1 aromatic heterocycles. The molecule has 0 aliphatic carbocycles. The van der Waals surface area contributed by atoms with E-state index in [9.17, 15) is 23.3 Å². The van der Waals surface area contributed by atoms with E-state index in [4.69, 9.17) is 11.6 Å². The first-order chi connectivity index (χ1) is 28.1. The van der Waals surface area contributed by atoms with Gasteiger partial charge in [0, 0.05) is 78.2 Å². The van der Waals surface area contributed by atoms with Crippen molar-refractivity contribution >= 4 is 56.4 Å². The number of hydrogen-bond acceptors (Lipinski definition) is 12. The smallest absolute Gasteiger partial charge is 0.293 e. The first-order valence-electron chi connectivity index (χ1n) is 18.5. The summed E-state index contributed by atoms with van der Waals surface area (Å²) in [4.78, 5) is 30.0. The number of H-pyrrole nitrogens is 1. The molecule has 0 spiro atoms. The van der Waals surface area contributed by atoms with Gasteiger partial charge in [-0.1, -0.05) is 71.4 Å². The molecule has 5 aromatic carbocycles. The van der Waals surface area contributed by atoms with Crippen molar-refractivity contribution in [1.82, 2.24) is 30.2 Å². The Morgan fingerprint density at radius 3 is 2.34 bits per heavy atom. The zero-order valence-electron chi connectivity index (χ0n) is 31.2. The molecule has 3 N–H and O–H groups in total. The number of anilines is 2. The first kappa shape index (κ1) is 40.4. The Balaban J connectivity index is 0.962. The number of hydrogen-bond donors (Lipinski definition) is 3. The largest absolute Gasteiger partial charge is 0.376 e. The Morgan fingerprint density at radius 2 is 1.64 bits per heavy atom. The standard InChI is InChI=1S/C41H40ClN9O5S2/c42-32-14-10-29(11-15-32)37-9-5-4-6-31(37)27-49-22-24-50(25-23-49)34-17-12-30(13-18-34)41(52)46-58(55,56)36-19-20-38(39(26-36)51(53)54)43-33(16-21-40-44-47-48-45-40)28-57-35-7-2-1-3-8-35/h1-15,17-20,26,33,43H,16,21-25,27-28H2,(H,46,52)(H,44,45,47,48)/t33-/m1/s1. The molecule has 14 nitrogen and oxygen atoms in total. The lowest BCUT2D eigenvalue weighted by Gasteiger charge is -2.36. The average Bonchev–Trinajstić information content (AvgIpc) is 3.77. The molecule has 2 heterocycles. The SMILES string of the molecule is O=C(NS(=O)(=O)c1ccc(N[C@H](CCc2nn[nH]n2)CSc2ccccc2)c([N+](=O)[O-])c1)c1ccc(N2CCN(Cc3ccccc3-c3ccc(Cl)cc3)CC2)cc1. The maximum absolute atomic E-state index is 13.4. The fourth-order valence-electron chi connectivity index (χ4n) is 6.71. The molecular formula is C41H40ClN9O5S2. The molecule has 1 atom stereocenters. The number of thioether (sulfide) groups is 1. The van der Waals surface area contributed by atoms with Crippen molar-refractivity contribution in [1.29, 1.82) is 0 Å². The van der Waals surface area contributed by atoms with Crippen molar-refractivity contribution in [3.8, 4) is 11.1 Å². The van der Waals surface area contributed by atoms with E-state index in [1.165, 1.54) is 23.3 Å². The highest BCUT2D eigenvalue weighted by Gasteiger charge is 2.26. The van der Waals surface area contributed by atoms with E-state index in [0.717, 1.165) is 54.9 Å². The minimum atomic E-state index is -4.47. The molecule has 1 amide bonds. The third-order valence-corrected chi connectivity index (χ3v) is 12.6. The van der Waals surface area contributed by atoms with Crippen LogP contribution in [0.15, 0.2) is 131 Å². The molecule has 1 saturated heterocycles. The summed E-state index contributed by atoms with van der Waals surface area (Å²) in [5.74, 6) is 0.200. The van der Waals surface area contributed by atoms with Crippen molar-refractivity contribution in [3.05, 3.63) is 153 Å². The van der Waals surface area contributed by atoms with Gasteiger partial charge in [0.1, 0.15) is 5.69 Å². The third kappa shape index (κ3) is 10.4. The Hall–Kier alpha value is -5.81. The second-order valence-electron chi connectivity index (χ2n) is 13.7. The highest BCUT2D eigenvalue weighted by molar-refractivity contribution is 7.99. The van der Waals surface area contributed by atoms with Crippen LogP contribution in [0.5, 0.6) is 0 Å². The Bertz CT molecular complexity index is 2430. The van der Waals surface area contributed by atoms with Crippen LogP contribution in [0.4, 0.5) is 17.1 Å². The second kappa shape index (κ2) is 18.6. The predicted molar refractivity (Wildman–Crippen MR) is 226 cm³/mol. The van der Waals surface area contributed by atoms with Crippen molar-refractivity contribution in [2.45, 2.75) is 35.2 Å².